The van der Waals surface area contributed by atoms with Crippen molar-refractivity contribution < 1.29 is 14.6 Å². The van der Waals surface area contributed by atoms with E-state index in [0.717, 1.165) is 48.4 Å². The molecule has 3 aromatic carbocycles. The highest BCUT2D eigenvalue weighted by Crippen LogP contribution is 2.40. The monoisotopic (exact) mass is 580 g/mol. The summed E-state index contributed by atoms with van der Waals surface area (Å²) >= 11 is 12.7. The molecule has 5 nitrogen and oxygen atoms in total. The molecule has 2 aliphatic heterocycles. The van der Waals surface area contributed by atoms with Gasteiger partial charge in [0.05, 0.1) is 28.7 Å². The molecule has 7 heteroatoms. The zero-order valence-corrected chi connectivity index (χ0v) is 24.7. The van der Waals surface area contributed by atoms with Gasteiger partial charge >= 0.3 is 0 Å². The molecule has 0 spiro atoms. The van der Waals surface area contributed by atoms with E-state index in [9.17, 15) is 9.90 Å². The van der Waals surface area contributed by atoms with Crippen molar-refractivity contribution in [1.82, 2.24) is 9.80 Å². The molecule has 2 saturated heterocycles. The van der Waals surface area contributed by atoms with Crippen LogP contribution in [0.25, 0.3) is 0 Å². The number of carbonyl (C=O) groups is 1. The first kappa shape index (κ1) is 28.9. The van der Waals surface area contributed by atoms with Gasteiger partial charge in [0.25, 0.3) is 0 Å². The number of hydrogen-bond donors (Lipinski definition) is 1. The third-order valence-corrected chi connectivity index (χ3v) is 9.56. The van der Waals surface area contributed by atoms with Crippen molar-refractivity contribution in [2.45, 2.75) is 56.7 Å². The molecule has 0 bridgehead atoms. The van der Waals surface area contributed by atoms with E-state index < -0.39 is 5.60 Å². The lowest BCUT2D eigenvalue weighted by Gasteiger charge is -2.47. The summed E-state index contributed by atoms with van der Waals surface area (Å²) in [6, 6.07) is 23.8. The van der Waals surface area contributed by atoms with Crippen LogP contribution >= 0.6 is 23.2 Å². The van der Waals surface area contributed by atoms with E-state index in [1.807, 2.05) is 77.7 Å². The van der Waals surface area contributed by atoms with Gasteiger partial charge in [-0.15, -0.1) is 0 Å². The number of aliphatic hydroxyl groups is 1. The largest absolute Gasteiger partial charge is 0.497 e. The third kappa shape index (κ3) is 6.18. The molecule has 0 saturated carbocycles. The second kappa shape index (κ2) is 12.5. The molecule has 2 fully saturated rings. The number of nitrogens with zero attached hydrogens (tertiary/aromatic N) is 2. The number of hydrogen-bond acceptors (Lipinski definition) is 4. The second-order valence-electron chi connectivity index (χ2n) is 11.2. The van der Waals surface area contributed by atoms with Crippen molar-refractivity contribution in [3.05, 3.63) is 99.5 Å². The Morgan fingerprint density at radius 2 is 1.75 bits per heavy atom. The number of rotatable bonds is 8. The normalized spacial score (nSPS) is 22.2. The van der Waals surface area contributed by atoms with Crippen molar-refractivity contribution in [2.24, 2.45) is 5.92 Å². The van der Waals surface area contributed by atoms with Crippen molar-refractivity contribution in [2.75, 3.05) is 26.7 Å². The topological polar surface area (TPSA) is 53.0 Å². The van der Waals surface area contributed by atoms with Gasteiger partial charge in [-0.1, -0.05) is 78.7 Å². The van der Waals surface area contributed by atoms with Crippen LogP contribution < -0.4 is 4.74 Å². The van der Waals surface area contributed by atoms with Crippen LogP contribution in [0.1, 0.15) is 55.2 Å². The minimum absolute atomic E-state index is 0.0891. The lowest BCUT2D eigenvalue weighted by atomic mass is 9.77. The fourth-order valence-corrected chi connectivity index (χ4v) is 6.90. The smallest absolute Gasteiger partial charge is 0.227 e. The molecule has 5 rings (SSSR count). The molecular formula is C33H38Cl2N2O3. The van der Waals surface area contributed by atoms with Gasteiger partial charge in [0.2, 0.25) is 5.91 Å². The molecule has 212 valence electrons. The molecule has 40 heavy (non-hydrogen) atoms. The van der Waals surface area contributed by atoms with Crippen molar-refractivity contribution in [3.8, 4) is 5.75 Å². The van der Waals surface area contributed by atoms with Gasteiger partial charge in [-0.2, -0.15) is 0 Å². The highest BCUT2D eigenvalue weighted by Gasteiger charge is 2.43. The molecule has 0 aliphatic carbocycles. The quantitative estimate of drug-likeness (QED) is 0.315. The number of amides is 1. The molecule has 2 aliphatic rings. The molecule has 0 radical (unpaired) electrons. The maximum atomic E-state index is 14.1. The van der Waals surface area contributed by atoms with Crippen LogP contribution in [0.3, 0.4) is 0 Å². The first-order chi connectivity index (χ1) is 19.3. The van der Waals surface area contributed by atoms with Crippen molar-refractivity contribution in [1.29, 1.82) is 0 Å². The molecule has 2 heterocycles. The van der Waals surface area contributed by atoms with Gasteiger partial charge in [-0.25, -0.2) is 0 Å². The van der Waals surface area contributed by atoms with E-state index in [2.05, 4.69) is 11.8 Å². The SMILES string of the molecule is CCC(C1CC(c2ccc(Cl)c(Cl)c2)CN(Cc2cccc(OC)c2)C1=O)N1CCC(O)(c2ccccc2)CC1. The van der Waals surface area contributed by atoms with Gasteiger partial charge in [0.15, 0.2) is 0 Å². The highest BCUT2D eigenvalue weighted by atomic mass is 35.5. The maximum Gasteiger partial charge on any atom is 0.227 e. The summed E-state index contributed by atoms with van der Waals surface area (Å²) in [6.45, 7) is 4.82. The Morgan fingerprint density at radius 1 is 1.00 bits per heavy atom. The number of methoxy groups -OCH3 is 1. The van der Waals surface area contributed by atoms with Crippen LogP contribution in [0.5, 0.6) is 5.75 Å². The van der Waals surface area contributed by atoms with E-state index >= 15 is 0 Å². The first-order valence-corrected chi connectivity index (χ1v) is 15.0. The van der Waals surface area contributed by atoms with E-state index in [4.69, 9.17) is 27.9 Å². The predicted octanol–water partition coefficient (Wildman–Crippen LogP) is 6.90. The molecule has 3 unspecified atom stereocenters. The maximum absolute atomic E-state index is 14.1. The third-order valence-electron chi connectivity index (χ3n) is 8.82. The standard InChI is InChI=1S/C33H38Cl2N2O3/c1-3-31(36-16-14-33(39,15-17-36)26-9-5-4-6-10-26)28-19-25(24-12-13-29(34)30(35)20-24)22-37(32(28)38)21-23-8-7-11-27(18-23)40-2/h4-13,18,20,25,28,31,39H,3,14-17,19,21-22H2,1-2H3. The first-order valence-electron chi connectivity index (χ1n) is 14.2. The number of halogens is 2. The summed E-state index contributed by atoms with van der Waals surface area (Å²) in [4.78, 5) is 18.6. The van der Waals surface area contributed by atoms with Crippen LogP contribution in [-0.2, 0) is 16.9 Å². The lowest BCUT2D eigenvalue weighted by Crippen LogP contribution is -2.55. The Bertz CT molecular complexity index is 1310. The highest BCUT2D eigenvalue weighted by molar-refractivity contribution is 6.42. The van der Waals surface area contributed by atoms with Crippen molar-refractivity contribution >= 4 is 29.1 Å². The molecule has 1 N–H and O–H groups in total. The van der Waals surface area contributed by atoms with Crippen molar-refractivity contribution in [3.63, 3.8) is 0 Å². The van der Waals surface area contributed by atoms with Gasteiger partial charge in [-0.05, 0) is 66.6 Å². The number of ether oxygens (including phenoxy) is 1. The average molecular weight is 582 g/mol. The lowest BCUT2D eigenvalue weighted by molar-refractivity contribution is -0.144. The zero-order valence-electron chi connectivity index (χ0n) is 23.2. The number of carbonyl (C=O) groups excluding carboxylic acids is 1. The Balaban J connectivity index is 1.40. The van der Waals surface area contributed by atoms with E-state index in [0.29, 0.717) is 36.0 Å². The molecule has 0 aromatic heterocycles. The van der Waals surface area contributed by atoms with Gasteiger partial charge < -0.3 is 14.7 Å². The zero-order chi connectivity index (χ0) is 28.3. The Hall–Kier alpha value is -2.57. The minimum atomic E-state index is -0.826. The number of piperidine rings is 2. The number of likely N-dealkylation sites (tertiary alicyclic amines) is 2. The predicted molar refractivity (Wildman–Crippen MR) is 161 cm³/mol. The summed E-state index contributed by atoms with van der Waals surface area (Å²) < 4.78 is 5.43. The Kier molecular flexibility index (Phi) is 9.06. The fourth-order valence-electron chi connectivity index (χ4n) is 6.60. The van der Waals surface area contributed by atoms with Crippen LogP contribution in [-0.4, -0.2) is 53.6 Å². The molecule has 1 amide bonds. The minimum Gasteiger partial charge on any atom is -0.497 e. The molecule has 3 atom stereocenters. The summed E-state index contributed by atoms with van der Waals surface area (Å²) in [5, 5.41) is 12.5. The van der Waals surface area contributed by atoms with E-state index in [1.165, 1.54) is 0 Å². The summed E-state index contributed by atoms with van der Waals surface area (Å²) in [6.07, 6.45) is 2.92. The molecule has 3 aromatic rings. The van der Waals surface area contributed by atoms with Crippen LogP contribution in [0.15, 0.2) is 72.8 Å². The van der Waals surface area contributed by atoms with E-state index in [1.54, 1.807) is 7.11 Å². The average Bonchev–Trinajstić information content (AvgIpc) is 2.98. The Morgan fingerprint density at radius 3 is 2.42 bits per heavy atom. The summed E-state index contributed by atoms with van der Waals surface area (Å²) in [7, 11) is 1.66. The fraction of sp³-hybridized carbons (Fsp3) is 0.424. The second-order valence-corrected chi connectivity index (χ2v) is 12.0. The molecular weight excluding hydrogens is 543 g/mol. The van der Waals surface area contributed by atoms with Crippen LogP contribution in [0.4, 0.5) is 0 Å². The number of benzene rings is 3. The van der Waals surface area contributed by atoms with Crippen LogP contribution in [0, 0.1) is 5.92 Å². The van der Waals surface area contributed by atoms with Gasteiger partial charge in [0.1, 0.15) is 5.75 Å². The van der Waals surface area contributed by atoms with Gasteiger partial charge in [-0.3, -0.25) is 9.69 Å². The van der Waals surface area contributed by atoms with Crippen LogP contribution in [0.2, 0.25) is 10.0 Å². The van der Waals surface area contributed by atoms with E-state index in [-0.39, 0.29) is 23.8 Å². The van der Waals surface area contributed by atoms with Gasteiger partial charge in [0, 0.05) is 38.1 Å². The summed E-state index contributed by atoms with van der Waals surface area (Å²) in [5.74, 6) is 0.954. The Labute approximate surface area is 247 Å². The summed E-state index contributed by atoms with van der Waals surface area (Å²) in [5.41, 5.74) is 2.29.